The van der Waals surface area contributed by atoms with Gasteiger partial charge in [-0.15, -0.1) is 0 Å². The third kappa shape index (κ3) is 17.4. The van der Waals surface area contributed by atoms with E-state index < -0.39 is 14.1 Å². The fourth-order valence-corrected chi connectivity index (χ4v) is 22.4. The minimum absolute atomic E-state index is 0.134. The van der Waals surface area contributed by atoms with Crippen molar-refractivity contribution in [3.63, 3.8) is 0 Å². The molecule has 146 heavy (non-hydrogen) atoms. The largest absolute Gasteiger partial charge is 0.309 e. The van der Waals surface area contributed by atoms with Gasteiger partial charge < -0.3 is 18.3 Å². The van der Waals surface area contributed by atoms with Gasteiger partial charge in [0, 0.05) is 110 Å². The summed E-state index contributed by atoms with van der Waals surface area (Å²) in [6, 6.07) is 136. The smallest absolute Gasteiger partial charge is 0.196 e. The fraction of sp³-hybridized carbons (Fsp3) is 0.0827. The summed E-state index contributed by atoms with van der Waals surface area (Å²) in [4.78, 5) is 14.8. The van der Waals surface area contributed by atoms with Gasteiger partial charge in [-0.25, -0.2) is 19.4 Å². The second-order valence-electron chi connectivity index (χ2n) is 37.7. The van der Waals surface area contributed by atoms with Gasteiger partial charge in [-0.2, -0.15) is 21.0 Å². The van der Waals surface area contributed by atoms with Crippen LogP contribution in [0.4, 0.5) is 22.7 Å². The van der Waals surface area contributed by atoms with Gasteiger partial charge in [-0.05, 0) is 269 Å². The summed E-state index contributed by atoms with van der Waals surface area (Å²) < 4.78 is 50.2. The molecule has 0 atom stereocenters. The van der Waals surface area contributed by atoms with Gasteiger partial charge in [0.1, 0.15) is 0 Å². The molecule has 13 heteroatoms. The molecule has 0 unspecified atom stereocenters. The van der Waals surface area contributed by atoms with E-state index in [1.807, 2.05) is 97.1 Å². The van der Waals surface area contributed by atoms with Crippen molar-refractivity contribution < 1.29 is 6.85 Å². The van der Waals surface area contributed by atoms with E-state index in [1.54, 1.807) is 78.9 Å². The average molecular weight is 1890 g/mol. The number of fused-ring (bicyclic) bond motifs is 12. The molecule has 0 aliphatic heterocycles. The van der Waals surface area contributed by atoms with Gasteiger partial charge in [-0.1, -0.05) is 293 Å². The number of para-hydroxylation sites is 3. The first-order valence-electron chi connectivity index (χ1n) is 51.1. The maximum atomic E-state index is 9.91. The van der Waals surface area contributed by atoms with Crippen molar-refractivity contribution in [1.82, 2.24) is 18.3 Å². The van der Waals surface area contributed by atoms with E-state index in [2.05, 4.69) is 302 Å². The second kappa shape index (κ2) is 40.0. The maximum Gasteiger partial charge on any atom is 0.196 e. The molecule has 0 spiro atoms. The Bertz CT molecular complexity index is 9680. The topological polar surface area (TPSA) is 132 Å². The highest BCUT2D eigenvalue weighted by Gasteiger charge is 2.27. The Labute approximate surface area is 857 Å². The maximum absolute atomic E-state index is 9.91. The first-order valence-corrected chi connectivity index (χ1v) is 52.1. The molecular formula is C133H94N12Si. The molecule has 4 aromatic heterocycles. The molecule has 0 N–H and O–H groups in total. The number of nitriles is 4. The molecule has 19 aromatic carbocycles. The Kier molecular flexibility index (Phi) is 23.8. The summed E-state index contributed by atoms with van der Waals surface area (Å²) in [5.74, 6) is 0.625. The van der Waals surface area contributed by atoms with Gasteiger partial charge in [-0.3, -0.25) is 0 Å². The Morgan fingerprint density at radius 1 is 0.267 bits per heavy atom. The number of rotatable bonds is 13. The molecule has 0 radical (unpaired) electrons. The number of hydrogen-bond donors (Lipinski definition) is 0. The minimum Gasteiger partial charge on any atom is -0.309 e. The molecule has 24 rings (SSSR count). The van der Waals surface area contributed by atoms with Gasteiger partial charge in [0.15, 0.2) is 22.7 Å². The summed E-state index contributed by atoms with van der Waals surface area (Å²) in [6.45, 7) is 42.1. The van der Waals surface area contributed by atoms with Crippen LogP contribution in [-0.4, -0.2) is 26.3 Å². The molecule has 1 saturated carbocycles. The summed E-state index contributed by atoms with van der Waals surface area (Å²) in [6.07, 6.45) is 6.49. The first kappa shape index (κ1) is 86.8. The fourth-order valence-electron chi connectivity index (χ4n) is 21.3. The summed E-state index contributed by atoms with van der Waals surface area (Å²) in [5.41, 5.74) is 32.0. The van der Waals surface area contributed by atoms with Crippen LogP contribution in [0.1, 0.15) is 83.8 Å². The second-order valence-corrected chi connectivity index (χ2v) is 42.8. The first-order chi connectivity index (χ1) is 73.6. The van der Waals surface area contributed by atoms with E-state index in [1.165, 1.54) is 87.0 Å². The van der Waals surface area contributed by atoms with Crippen LogP contribution in [0.5, 0.6) is 0 Å². The molecule has 1 fully saturated rings. The Hall–Kier alpha value is -19.5. The molecular weight excluding hydrogens is 1790 g/mol. The van der Waals surface area contributed by atoms with Crippen molar-refractivity contribution in [3.05, 3.63) is 497 Å². The van der Waals surface area contributed by atoms with Crippen LogP contribution in [0, 0.1) is 85.5 Å². The third-order valence-electron chi connectivity index (χ3n) is 28.1. The highest BCUT2D eigenvalue weighted by molar-refractivity contribution is 6.88. The van der Waals surface area contributed by atoms with Crippen LogP contribution in [0.3, 0.4) is 0 Å². The van der Waals surface area contributed by atoms with Crippen LogP contribution < -0.4 is 5.19 Å². The van der Waals surface area contributed by atoms with Crippen molar-refractivity contribution in [2.75, 3.05) is 0 Å². The zero-order valence-corrected chi connectivity index (χ0v) is 81.9. The van der Waals surface area contributed by atoms with Crippen LogP contribution in [0.15, 0.2) is 412 Å². The molecule has 12 nitrogen and oxygen atoms in total. The van der Waals surface area contributed by atoms with E-state index in [0.717, 1.165) is 127 Å². The van der Waals surface area contributed by atoms with Gasteiger partial charge in [0.2, 0.25) is 0 Å². The molecule has 1 aliphatic carbocycles. The number of benzene rings is 19. The summed E-state index contributed by atoms with van der Waals surface area (Å²) >= 11 is 0. The minimum atomic E-state index is -1.51. The Balaban J connectivity index is 0.000000118. The lowest BCUT2D eigenvalue weighted by Gasteiger charge is -2.22. The van der Waals surface area contributed by atoms with Crippen LogP contribution in [0.2, 0.25) is 19.6 Å². The van der Waals surface area contributed by atoms with E-state index >= 15 is 0 Å². The predicted octanol–water partition coefficient (Wildman–Crippen LogP) is 35.7. The van der Waals surface area contributed by atoms with Crippen molar-refractivity contribution in [3.8, 4) is 125 Å². The standard InChI is InChI=1S/C40H27N3.C32H25N3.C32H19N3.C29H23N3Si/c1-26-10-7-11-27(2)39(26)30-18-20-37-34(23-30)35-24-31(40-32(25-41)15-9-17-36(40)42-3)19-21-38(35)43(37)33-16-8-14-29(22-33)28-12-5-4-6-13-28;2*1-34-29-14-8-11-25(21-33)32(29)24-16-18-31-28(20-24)27-19-23(22-9-4-2-5-10-22)15-17-30(27)35(31)26-12-6-3-7-13-26;1-31-26-12-8-9-21(19-30)29(26)20-13-15-27-24(17-20)25-18-23(33(2,3)4)14-16-28(25)32(27)22-10-6-5-7-11-22/h4-24H,1-2H3;3,6-8,11-20,22H,2,4-5,9-10H2;2-20H;5-18H,2-4H3/i;;2D,4D,5D,9D,10D;. The van der Waals surface area contributed by atoms with E-state index in [0.29, 0.717) is 73.2 Å². The quantitative estimate of drug-likeness (QED) is 0.0840. The lowest BCUT2D eigenvalue weighted by atomic mass is 9.83. The van der Waals surface area contributed by atoms with E-state index in [9.17, 15) is 21.0 Å². The summed E-state index contributed by atoms with van der Waals surface area (Å²) in [7, 11) is -1.51. The predicted molar refractivity (Wildman–Crippen MR) is 603 cm³/mol. The van der Waals surface area contributed by atoms with Crippen molar-refractivity contribution >= 4 is 123 Å². The SMILES string of the molecule is [2H]c1c([2H])c([2H])c(-c2ccc3c(c2)c2cc(-c4c(C#N)cccc4[N+]#[C-])ccc2n3-c2ccccc2)c([2H])c1[2H].[C-]#[N+]c1cccc(C#N)c1-c1ccc2c(c1)c1cc(-c3c(C)cccc3C)ccc1n2-c1cccc(-c2ccccc2)c1.[C-]#[N+]c1cccc(C#N)c1-c1ccc2c(c1)c1cc(C3CCCCC3)ccc1n2-c1ccccc1.[C-]#[N+]c1cccc(C#N)c1-c1ccc2c(c1)c1cc([Si](C)(C)C)ccc1n2-c1ccccc1. The molecule has 0 amide bonds. The lowest BCUT2D eigenvalue weighted by molar-refractivity contribution is 0.444. The molecule has 4 heterocycles. The number of nitrogens with zero attached hydrogens (tertiary/aromatic N) is 12. The summed E-state index contributed by atoms with van der Waals surface area (Å²) in [5, 5.41) is 49.2. The molecule has 0 bridgehead atoms. The highest BCUT2D eigenvalue weighted by atomic mass is 28.3. The lowest BCUT2D eigenvalue weighted by Crippen LogP contribution is -2.37. The number of hydrogen-bond acceptors (Lipinski definition) is 4. The van der Waals surface area contributed by atoms with Crippen LogP contribution in [0.25, 0.3) is 207 Å². The Morgan fingerprint density at radius 3 is 0.918 bits per heavy atom. The van der Waals surface area contributed by atoms with Crippen molar-refractivity contribution in [2.45, 2.75) is 71.5 Å². The van der Waals surface area contributed by atoms with Crippen molar-refractivity contribution in [2.24, 2.45) is 0 Å². The van der Waals surface area contributed by atoms with Gasteiger partial charge in [0.05, 0.1) is 110 Å². The Morgan fingerprint density at radius 2 is 0.555 bits per heavy atom. The van der Waals surface area contributed by atoms with Crippen LogP contribution >= 0.6 is 0 Å². The van der Waals surface area contributed by atoms with Crippen molar-refractivity contribution in [1.29, 1.82) is 21.0 Å². The molecule has 1 aliphatic rings. The normalized spacial score (nSPS) is 12.3. The third-order valence-corrected chi connectivity index (χ3v) is 30.2. The van der Waals surface area contributed by atoms with Gasteiger partial charge >= 0.3 is 0 Å². The zero-order valence-electron chi connectivity index (χ0n) is 85.9. The molecule has 23 aromatic rings. The highest BCUT2D eigenvalue weighted by Crippen LogP contribution is 2.48. The number of aryl methyl sites for hydroxylation is 2. The van der Waals surface area contributed by atoms with E-state index in [-0.39, 0.29) is 29.7 Å². The average Bonchev–Trinajstić information content (AvgIpc) is 1.58. The van der Waals surface area contributed by atoms with Crippen LogP contribution in [-0.2, 0) is 0 Å². The molecule has 0 saturated heterocycles. The zero-order chi connectivity index (χ0) is 105. The number of aromatic nitrogens is 4. The van der Waals surface area contributed by atoms with E-state index in [4.69, 9.17) is 33.1 Å². The molecule has 690 valence electrons. The van der Waals surface area contributed by atoms with Gasteiger partial charge in [0.25, 0.3) is 0 Å². The monoisotopic (exact) mass is 1890 g/mol.